The summed E-state index contributed by atoms with van der Waals surface area (Å²) < 4.78 is 7.81. The Bertz CT molecular complexity index is 1430. The number of fused-ring (bicyclic) bond motifs is 1. The highest BCUT2D eigenvalue weighted by Gasteiger charge is 2.56. The molecule has 2 aromatic carbocycles. The maximum absolute atomic E-state index is 13.4. The first-order chi connectivity index (χ1) is 19.4. The third-order valence-electron chi connectivity index (χ3n) is 7.45. The van der Waals surface area contributed by atoms with Crippen LogP contribution in [0.4, 0.5) is 5.69 Å². The number of carboxylic acids is 1. The van der Waals surface area contributed by atoms with E-state index in [1.54, 1.807) is 24.3 Å². The predicted molar refractivity (Wildman–Crippen MR) is 153 cm³/mol. The van der Waals surface area contributed by atoms with Crippen molar-refractivity contribution in [2.75, 3.05) is 10.7 Å². The summed E-state index contributed by atoms with van der Waals surface area (Å²) in [5.74, 6) is -0.0541. The summed E-state index contributed by atoms with van der Waals surface area (Å²) in [6.07, 6.45) is 5.60. The smallest absolute Gasteiger partial charge is 0.352 e. The molecule has 3 heterocycles. The van der Waals surface area contributed by atoms with Crippen molar-refractivity contribution in [3.8, 4) is 5.75 Å². The fourth-order valence-electron chi connectivity index (χ4n) is 5.04. The molecule has 2 unspecified atom stereocenters. The summed E-state index contributed by atoms with van der Waals surface area (Å²) in [4.78, 5) is 40.6. The summed E-state index contributed by atoms with van der Waals surface area (Å²) in [6, 6.07) is 20.0. The molecule has 1 aromatic heterocycles. The molecule has 1 fully saturated rings. The Balaban J connectivity index is 1.31. The third kappa shape index (κ3) is 5.47. The SMILES string of the molecule is CCC(C)c1ccc[n+](CC2=C(C(=O)O)N3C(=O)C(N(C=O)c4ccc(OCc5ccccc5)cc4)[C@H]3SC2)c1. The van der Waals surface area contributed by atoms with Gasteiger partial charge in [-0.2, -0.15) is 0 Å². The summed E-state index contributed by atoms with van der Waals surface area (Å²) in [5.41, 5.74) is 3.46. The van der Waals surface area contributed by atoms with Gasteiger partial charge in [0.25, 0.3) is 5.91 Å². The van der Waals surface area contributed by atoms with Crippen LogP contribution in [0.1, 0.15) is 37.3 Å². The molecule has 0 aliphatic carbocycles. The molecule has 2 aliphatic heterocycles. The fraction of sp³-hybridized carbons (Fsp3) is 0.290. The van der Waals surface area contributed by atoms with Gasteiger partial charge in [0.15, 0.2) is 18.9 Å². The number of anilines is 1. The van der Waals surface area contributed by atoms with Crippen molar-refractivity contribution in [3.63, 3.8) is 0 Å². The van der Waals surface area contributed by atoms with Gasteiger partial charge in [0.1, 0.15) is 29.5 Å². The van der Waals surface area contributed by atoms with E-state index in [1.165, 1.54) is 27.1 Å². The number of aromatic nitrogens is 1. The summed E-state index contributed by atoms with van der Waals surface area (Å²) in [6.45, 7) is 5.08. The normalized spacial score (nSPS) is 18.9. The number of nitrogens with zero attached hydrogens (tertiary/aromatic N) is 3. The summed E-state index contributed by atoms with van der Waals surface area (Å²) in [7, 11) is 0. The Morgan fingerprint density at radius 2 is 1.93 bits per heavy atom. The van der Waals surface area contributed by atoms with Crippen LogP contribution >= 0.6 is 11.8 Å². The molecule has 5 rings (SSSR count). The van der Waals surface area contributed by atoms with Crippen LogP contribution < -0.4 is 14.2 Å². The lowest BCUT2D eigenvalue weighted by atomic mass is 10.00. The van der Waals surface area contributed by atoms with E-state index >= 15 is 0 Å². The lowest BCUT2D eigenvalue weighted by Crippen LogP contribution is -2.70. The topological polar surface area (TPSA) is 91.0 Å². The lowest BCUT2D eigenvalue weighted by Gasteiger charge is -2.51. The molecular formula is C31H32N3O5S+. The van der Waals surface area contributed by atoms with Gasteiger partial charge >= 0.3 is 5.97 Å². The average Bonchev–Trinajstić information content (AvgIpc) is 2.99. The zero-order chi connectivity index (χ0) is 28.2. The quantitative estimate of drug-likeness (QED) is 0.214. The molecule has 0 bridgehead atoms. The van der Waals surface area contributed by atoms with Crippen molar-refractivity contribution in [1.82, 2.24) is 4.90 Å². The number of carbonyl (C=O) groups excluding carboxylic acids is 2. The van der Waals surface area contributed by atoms with E-state index in [4.69, 9.17) is 4.74 Å². The Morgan fingerprint density at radius 3 is 2.60 bits per heavy atom. The van der Waals surface area contributed by atoms with Crippen LogP contribution in [0, 0.1) is 0 Å². The number of benzene rings is 2. The Labute approximate surface area is 237 Å². The van der Waals surface area contributed by atoms with Crippen molar-refractivity contribution in [2.45, 2.75) is 50.8 Å². The van der Waals surface area contributed by atoms with Gasteiger partial charge in [0.05, 0.1) is 0 Å². The van der Waals surface area contributed by atoms with Crippen LogP contribution in [-0.4, -0.2) is 45.5 Å². The molecule has 8 nitrogen and oxygen atoms in total. The Morgan fingerprint density at radius 1 is 1.18 bits per heavy atom. The van der Waals surface area contributed by atoms with Gasteiger partial charge in [0.2, 0.25) is 6.41 Å². The number of ether oxygens (including phenoxy) is 1. The van der Waals surface area contributed by atoms with Crippen LogP contribution in [0.2, 0.25) is 0 Å². The van der Waals surface area contributed by atoms with Gasteiger partial charge in [-0.05, 0) is 48.2 Å². The molecule has 3 aromatic rings. The average molecular weight is 559 g/mol. The van der Waals surface area contributed by atoms with E-state index in [1.807, 2.05) is 53.4 Å². The second-order valence-electron chi connectivity index (χ2n) is 10.0. The van der Waals surface area contributed by atoms with Crippen molar-refractivity contribution in [2.24, 2.45) is 0 Å². The van der Waals surface area contributed by atoms with Crippen LogP contribution in [0.3, 0.4) is 0 Å². The number of carboxylic acid groups (broad SMARTS) is 1. The number of hydrogen-bond acceptors (Lipinski definition) is 5. The molecule has 0 saturated carbocycles. The van der Waals surface area contributed by atoms with Crippen LogP contribution in [0.25, 0.3) is 0 Å². The second kappa shape index (κ2) is 12.0. The van der Waals surface area contributed by atoms with E-state index < -0.39 is 23.3 Å². The Hall–Kier alpha value is -4.11. The van der Waals surface area contributed by atoms with Crippen LogP contribution in [0.5, 0.6) is 5.75 Å². The van der Waals surface area contributed by atoms with Gasteiger partial charge in [-0.3, -0.25) is 19.4 Å². The zero-order valence-corrected chi connectivity index (χ0v) is 23.3. The van der Waals surface area contributed by atoms with Crippen molar-refractivity contribution in [3.05, 3.63) is 102 Å². The van der Waals surface area contributed by atoms with Gasteiger partial charge in [-0.15, -0.1) is 11.8 Å². The highest BCUT2D eigenvalue weighted by atomic mass is 32.2. The van der Waals surface area contributed by atoms with Gasteiger partial charge in [0, 0.05) is 28.6 Å². The minimum atomic E-state index is -1.14. The molecule has 3 atom stereocenters. The van der Waals surface area contributed by atoms with Gasteiger partial charge < -0.3 is 9.84 Å². The number of hydrogen-bond donors (Lipinski definition) is 1. The van der Waals surface area contributed by atoms with Crippen LogP contribution in [0.15, 0.2) is 90.4 Å². The molecule has 1 N–H and O–H groups in total. The molecule has 1 saturated heterocycles. The number of pyridine rings is 1. The molecule has 2 aliphatic rings. The molecule has 2 amide bonds. The summed E-state index contributed by atoms with van der Waals surface area (Å²) >= 11 is 1.48. The van der Waals surface area contributed by atoms with Crippen molar-refractivity contribution in [1.29, 1.82) is 0 Å². The molecule has 0 radical (unpaired) electrons. The number of carbonyl (C=O) groups is 3. The number of thioether (sulfide) groups is 1. The van der Waals surface area contributed by atoms with E-state index in [0.717, 1.165) is 12.0 Å². The van der Waals surface area contributed by atoms with E-state index in [0.29, 0.717) is 48.2 Å². The Kier molecular flexibility index (Phi) is 8.21. The molecule has 9 heteroatoms. The minimum Gasteiger partial charge on any atom is -0.489 e. The zero-order valence-electron chi connectivity index (χ0n) is 22.5. The standard InChI is InChI=1S/C31H31N3O5S/c1-3-21(2)23-10-7-15-32(16-23)17-24-19-40-30-28(29(36)34(30)27(24)31(37)38)33(20-35)25-11-13-26(14-12-25)39-18-22-8-5-4-6-9-22/h4-16,20-21,28,30H,3,17-19H2,1-2H3/p+1/t21?,28?,30-/m1/s1. The van der Waals surface area contributed by atoms with Gasteiger partial charge in [-0.25, -0.2) is 9.36 Å². The van der Waals surface area contributed by atoms with Crippen LogP contribution in [-0.2, 0) is 27.5 Å². The maximum Gasteiger partial charge on any atom is 0.352 e. The monoisotopic (exact) mass is 558 g/mol. The number of amides is 2. The third-order valence-corrected chi connectivity index (χ3v) is 8.78. The fourth-order valence-corrected chi connectivity index (χ4v) is 6.43. The molecule has 40 heavy (non-hydrogen) atoms. The first kappa shape index (κ1) is 27.5. The summed E-state index contributed by atoms with van der Waals surface area (Å²) in [5, 5.41) is 9.63. The van der Waals surface area contributed by atoms with E-state index in [-0.39, 0.29) is 5.70 Å². The largest absolute Gasteiger partial charge is 0.489 e. The minimum absolute atomic E-state index is 0.0157. The molecular weight excluding hydrogens is 526 g/mol. The predicted octanol–water partition coefficient (Wildman–Crippen LogP) is 4.35. The van der Waals surface area contributed by atoms with E-state index in [2.05, 4.69) is 19.9 Å². The molecule has 0 spiro atoms. The van der Waals surface area contributed by atoms with Crippen molar-refractivity contribution < 1.29 is 28.8 Å². The number of aliphatic carboxylic acids is 1. The van der Waals surface area contributed by atoms with Crippen molar-refractivity contribution >= 4 is 35.7 Å². The number of rotatable bonds is 11. The first-order valence-corrected chi connectivity index (χ1v) is 14.4. The number of β-lactam (4-membered cyclic amide) rings is 1. The first-order valence-electron chi connectivity index (χ1n) is 13.3. The highest BCUT2D eigenvalue weighted by Crippen LogP contribution is 2.43. The van der Waals surface area contributed by atoms with Gasteiger partial charge in [-0.1, -0.05) is 44.2 Å². The lowest BCUT2D eigenvalue weighted by molar-refractivity contribution is -0.689. The maximum atomic E-state index is 13.4. The highest BCUT2D eigenvalue weighted by molar-refractivity contribution is 8.00. The molecule has 206 valence electrons. The second-order valence-corrected chi connectivity index (χ2v) is 11.1. The van der Waals surface area contributed by atoms with E-state index in [9.17, 15) is 19.5 Å².